The summed E-state index contributed by atoms with van der Waals surface area (Å²) in [5.41, 5.74) is 1.42. The van der Waals surface area contributed by atoms with Crippen LogP contribution < -0.4 is 0 Å². The summed E-state index contributed by atoms with van der Waals surface area (Å²) in [5, 5.41) is 0. The molecule has 0 aliphatic carbocycles. The highest BCUT2D eigenvalue weighted by Gasteiger charge is 2.27. The molecule has 0 bridgehead atoms. The minimum Gasteiger partial charge on any atom is -0.353 e. The predicted molar refractivity (Wildman–Crippen MR) is 71.9 cm³/mol. The molecule has 96 valence electrons. The van der Waals surface area contributed by atoms with Crippen LogP contribution in [0.25, 0.3) is 0 Å². The van der Waals surface area contributed by atoms with Gasteiger partial charge in [-0.05, 0) is 25.1 Å². The van der Waals surface area contributed by atoms with Gasteiger partial charge in [-0.2, -0.15) is 0 Å². The van der Waals surface area contributed by atoms with Crippen molar-refractivity contribution in [3.8, 4) is 0 Å². The van der Waals surface area contributed by atoms with E-state index in [1.807, 2.05) is 0 Å². The van der Waals surface area contributed by atoms with Crippen LogP contribution in [0.4, 0.5) is 0 Å². The van der Waals surface area contributed by atoms with Crippen LogP contribution in [0.2, 0.25) is 0 Å². The topological polar surface area (TPSA) is 11.4 Å². The summed E-state index contributed by atoms with van der Waals surface area (Å²) in [6.45, 7) is 9.32. The lowest BCUT2D eigenvalue weighted by Crippen LogP contribution is -2.53. The van der Waals surface area contributed by atoms with Crippen LogP contribution in [0.3, 0.4) is 0 Å². The van der Waals surface area contributed by atoms with E-state index in [9.17, 15) is 0 Å². The molecular weight excluding hydrogens is 210 g/mol. The summed E-state index contributed by atoms with van der Waals surface area (Å²) in [5.74, 6) is 0.720. The van der Waals surface area contributed by atoms with E-state index in [2.05, 4.69) is 60.6 Å². The third-order valence-electron chi connectivity index (χ3n) is 3.92. The molecule has 2 heterocycles. The van der Waals surface area contributed by atoms with Crippen molar-refractivity contribution < 1.29 is 0 Å². The number of piperazine rings is 1. The number of rotatable bonds is 3. The molecule has 3 nitrogen and oxygen atoms in total. The highest BCUT2D eigenvalue weighted by atomic mass is 15.3. The molecule has 0 radical (unpaired) electrons. The molecule has 1 aromatic heterocycles. The smallest absolute Gasteiger partial charge is 0.0391 e. The summed E-state index contributed by atoms with van der Waals surface area (Å²) in [4.78, 5) is 5.09. The lowest BCUT2D eigenvalue weighted by Gasteiger charge is -2.42. The van der Waals surface area contributed by atoms with Gasteiger partial charge in [-0.15, -0.1) is 0 Å². The second kappa shape index (κ2) is 5.23. The fourth-order valence-electron chi connectivity index (χ4n) is 2.69. The Morgan fingerprint density at radius 2 is 2.06 bits per heavy atom. The molecule has 0 amide bonds. The van der Waals surface area contributed by atoms with Gasteiger partial charge in [0.05, 0.1) is 0 Å². The molecule has 1 saturated heterocycles. The summed E-state index contributed by atoms with van der Waals surface area (Å²) >= 11 is 0. The van der Waals surface area contributed by atoms with Gasteiger partial charge in [-0.3, -0.25) is 4.90 Å². The van der Waals surface area contributed by atoms with E-state index in [-0.39, 0.29) is 0 Å². The Morgan fingerprint density at radius 1 is 1.29 bits per heavy atom. The van der Waals surface area contributed by atoms with Crippen molar-refractivity contribution in [1.82, 2.24) is 14.4 Å². The largest absolute Gasteiger partial charge is 0.353 e. The normalized spacial score (nSPS) is 23.5. The maximum Gasteiger partial charge on any atom is 0.0391 e. The minimum absolute atomic E-state index is 0.684. The van der Waals surface area contributed by atoms with Crippen LogP contribution >= 0.6 is 0 Å². The van der Waals surface area contributed by atoms with Gasteiger partial charge in [0.15, 0.2) is 0 Å². The SMILES string of the molecule is CC(C)[C@@H]1CN(C)CCN1Cc1cccn1C. The highest BCUT2D eigenvalue weighted by molar-refractivity contribution is 5.07. The number of nitrogens with zero attached hydrogens (tertiary/aromatic N) is 3. The van der Waals surface area contributed by atoms with E-state index in [1.54, 1.807) is 0 Å². The van der Waals surface area contributed by atoms with Crippen LogP contribution in [-0.4, -0.2) is 47.1 Å². The third kappa shape index (κ3) is 2.90. The Hall–Kier alpha value is -0.800. The lowest BCUT2D eigenvalue weighted by molar-refractivity contribution is 0.0555. The van der Waals surface area contributed by atoms with Gasteiger partial charge in [-0.1, -0.05) is 13.8 Å². The second-order valence-corrected chi connectivity index (χ2v) is 5.65. The zero-order valence-electron chi connectivity index (χ0n) is 11.6. The molecule has 1 aliphatic heterocycles. The molecule has 3 heteroatoms. The molecule has 17 heavy (non-hydrogen) atoms. The van der Waals surface area contributed by atoms with Gasteiger partial charge in [0.2, 0.25) is 0 Å². The molecule has 0 aromatic carbocycles. The first-order chi connectivity index (χ1) is 8.08. The average Bonchev–Trinajstić information content (AvgIpc) is 2.67. The zero-order valence-corrected chi connectivity index (χ0v) is 11.6. The average molecular weight is 235 g/mol. The molecule has 0 spiro atoms. The fraction of sp³-hybridized carbons (Fsp3) is 0.714. The Kier molecular flexibility index (Phi) is 3.89. The molecule has 1 aliphatic rings. The number of hydrogen-bond donors (Lipinski definition) is 0. The second-order valence-electron chi connectivity index (χ2n) is 5.65. The summed E-state index contributed by atoms with van der Waals surface area (Å²) in [6.07, 6.45) is 2.13. The van der Waals surface area contributed by atoms with E-state index in [0.717, 1.165) is 12.5 Å². The van der Waals surface area contributed by atoms with E-state index >= 15 is 0 Å². The first kappa shape index (κ1) is 12.7. The zero-order chi connectivity index (χ0) is 12.4. The molecule has 1 fully saturated rings. The van der Waals surface area contributed by atoms with Crippen LogP contribution in [0.1, 0.15) is 19.5 Å². The van der Waals surface area contributed by atoms with Crippen LogP contribution in [0.5, 0.6) is 0 Å². The van der Waals surface area contributed by atoms with Gasteiger partial charge < -0.3 is 9.47 Å². The van der Waals surface area contributed by atoms with Crippen LogP contribution in [-0.2, 0) is 13.6 Å². The van der Waals surface area contributed by atoms with Crippen molar-refractivity contribution in [2.24, 2.45) is 13.0 Å². The van der Waals surface area contributed by atoms with Gasteiger partial charge in [0.25, 0.3) is 0 Å². The van der Waals surface area contributed by atoms with Crippen molar-refractivity contribution in [3.63, 3.8) is 0 Å². The lowest BCUT2D eigenvalue weighted by atomic mass is 9.99. The summed E-state index contributed by atoms with van der Waals surface area (Å²) < 4.78 is 2.23. The quantitative estimate of drug-likeness (QED) is 0.791. The van der Waals surface area contributed by atoms with Gasteiger partial charge >= 0.3 is 0 Å². The molecule has 1 aromatic rings. The molecule has 1 atom stereocenters. The molecule has 2 rings (SSSR count). The standard InChI is InChI=1S/C14H25N3/c1-12(2)14-11-15(3)8-9-17(14)10-13-6-5-7-16(13)4/h5-7,12,14H,8-11H2,1-4H3/t14-/m0/s1. The van der Waals surface area contributed by atoms with E-state index in [0.29, 0.717) is 6.04 Å². The Labute approximate surface area is 105 Å². The van der Waals surface area contributed by atoms with E-state index in [4.69, 9.17) is 0 Å². The van der Waals surface area contributed by atoms with Crippen molar-refractivity contribution in [1.29, 1.82) is 0 Å². The third-order valence-corrected chi connectivity index (χ3v) is 3.92. The molecular formula is C14H25N3. The van der Waals surface area contributed by atoms with Gasteiger partial charge in [-0.25, -0.2) is 0 Å². The van der Waals surface area contributed by atoms with E-state index in [1.165, 1.54) is 25.3 Å². The molecule has 0 unspecified atom stereocenters. The maximum atomic E-state index is 2.64. The fourth-order valence-corrected chi connectivity index (χ4v) is 2.69. The molecule has 0 saturated carbocycles. The Balaban J connectivity index is 2.05. The summed E-state index contributed by atoms with van der Waals surface area (Å²) in [7, 11) is 4.37. The van der Waals surface area contributed by atoms with Crippen molar-refractivity contribution in [2.75, 3.05) is 26.7 Å². The number of aryl methyl sites for hydroxylation is 1. The Morgan fingerprint density at radius 3 is 2.65 bits per heavy atom. The minimum atomic E-state index is 0.684. The monoisotopic (exact) mass is 235 g/mol. The van der Waals surface area contributed by atoms with Crippen molar-refractivity contribution in [3.05, 3.63) is 24.0 Å². The van der Waals surface area contributed by atoms with Crippen molar-refractivity contribution >= 4 is 0 Å². The number of hydrogen-bond acceptors (Lipinski definition) is 2. The predicted octanol–water partition coefficient (Wildman–Crippen LogP) is 1.80. The summed E-state index contributed by atoms with van der Waals surface area (Å²) in [6, 6.07) is 5.05. The van der Waals surface area contributed by atoms with E-state index < -0.39 is 0 Å². The van der Waals surface area contributed by atoms with Gasteiger partial charge in [0, 0.05) is 51.2 Å². The van der Waals surface area contributed by atoms with Crippen LogP contribution in [0, 0.1) is 5.92 Å². The first-order valence-corrected chi connectivity index (χ1v) is 6.60. The van der Waals surface area contributed by atoms with Crippen molar-refractivity contribution in [2.45, 2.75) is 26.4 Å². The van der Waals surface area contributed by atoms with Gasteiger partial charge in [0.1, 0.15) is 0 Å². The number of aromatic nitrogens is 1. The van der Waals surface area contributed by atoms with Crippen LogP contribution in [0.15, 0.2) is 18.3 Å². The highest BCUT2D eigenvalue weighted by Crippen LogP contribution is 2.19. The maximum absolute atomic E-state index is 2.64. The molecule has 0 N–H and O–H groups in total. The first-order valence-electron chi connectivity index (χ1n) is 6.60. The Bertz CT molecular complexity index is 356. The number of likely N-dealkylation sites (N-methyl/N-ethyl adjacent to an activating group) is 1.